The molecular formula is C15H23FN2O2. The van der Waals surface area contributed by atoms with E-state index in [1.165, 1.54) is 11.0 Å². The Morgan fingerprint density at radius 2 is 2.10 bits per heavy atom. The summed E-state index contributed by atoms with van der Waals surface area (Å²) in [5.74, 6) is -0.253. The molecule has 1 aromatic carbocycles. The second kappa shape index (κ2) is 6.70. The molecule has 2 amide bonds. The zero-order valence-electron chi connectivity index (χ0n) is 12.5. The molecule has 1 aromatic rings. The first-order valence-electron chi connectivity index (χ1n) is 6.73. The fourth-order valence-electron chi connectivity index (χ4n) is 1.90. The number of benzene rings is 1. The number of rotatable bonds is 5. The molecule has 1 rings (SSSR count). The Balaban J connectivity index is 2.59. The molecule has 0 heterocycles. The standard InChI is InChI=1S/C15H23FN2O2/c1-5-18(10-15(3,4)20)14(19)17-9-12-6-7-13(16)11(2)8-12/h6-8,20H,5,9-10H2,1-4H3,(H,17,19). The highest BCUT2D eigenvalue weighted by atomic mass is 19.1. The summed E-state index contributed by atoms with van der Waals surface area (Å²) < 4.78 is 13.1. The Morgan fingerprint density at radius 3 is 2.60 bits per heavy atom. The first-order chi connectivity index (χ1) is 9.23. The lowest BCUT2D eigenvalue weighted by Gasteiger charge is -2.28. The number of hydrogen-bond donors (Lipinski definition) is 2. The summed E-state index contributed by atoms with van der Waals surface area (Å²) in [7, 11) is 0. The van der Waals surface area contributed by atoms with E-state index in [1.807, 2.05) is 6.92 Å². The summed E-state index contributed by atoms with van der Waals surface area (Å²) in [5, 5.41) is 12.5. The Bertz CT molecular complexity index is 469. The van der Waals surface area contributed by atoms with Gasteiger partial charge in [-0.3, -0.25) is 0 Å². The fraction of sp³-hybridized carbons (Fsp3) is 0.533. The molecule has 20 heavy (non-hydrogen) atoms. The summed E-state index contributed by atoms with van der Waals surface area (Å²) >= 11 is 0. The number of nitrogens with zero attached hydrogens (tertiary/aromatic N) is 1. The third kappa shape index (κ3) is 5.17. The Labute approximate surface area is 119 Å². The van der Waals surface area contributed by atoms with E-state index in [1.54, 1.807) is 32.9 Å². The summed E-state index contributed by atoms with van der Waals surface area (Å²) in [5.41, 5.74) is 0.469. The van der Waals surface area contributed by atoms with Gasteiger partial charge in [0.15, 0.2) is 0 Å². The van der Waals surface area contributed by atoms with E-state index in [9.17, 15) is 14.3 Å². The van der Waals surface area contributed by atoms with Crippen molar-refractivity contribution in [3.8, 4) is 0 Å². The first-order valence-corrected chi connectivity index (χ1v) is 6.73. The minimum absolute atomic E-state index is 0.239. The maximum absolute atomic E-state index is 13.1. The van der Waals surface area contributed by atoms with Gasteiger partial charge in [0.1, 0.15) is 5.82 Å². The molecule has 0 aliphatic carbocycles. The van der Waals surface area contributed by atoms with Crippen molar-refractivity contribution in [2.45, 2.75) is 39.8 Å². The van der Waals surface area contributed by atoms with Crippen LogP contribution in [0.3, 0.4) is 0 Å². The number of likely N-dealkylation sites (N-methyl/N-ethyl adjacent to an activating group) is 1. The molecule has 112 valence electrons. The van der Waals surface area contributed by atoms with Gasteiger partial charge in [-0.25, -0.2) is 9.18 Å². The van der Waals surface area contributed by atoms with Crippen molar-refractivity contribution in [1.82, 2.24) is 10.2 Å². The molecule has 2 N–H and O–H groups in total. The van der Waals surface area contributed by atoms with E-state index < -0.39 is 5.60 Å². The van der Waals surface area contributed by atoms with Crippen LogP contribution in [0.25, 0.3) is 0 Å². The van der Waals surface area contributed by atoms with Crippen molar-refractivity contribution in [2.75, 3.05) is 13.1 Å². The number of aliphatic hydroxyl groups is 1. The number of halogens is 1. The lowest BCUT2D eigenvalue weighted by atomic mass is 10.1. The number of aryl methyl sites for hydroxylation is 1. The van der Waals surface area contributed by atoms with E-state index >= 15 is 0 Å². The van der Waals surface area contributed by atoms with Crippen molar-refractivity contribution >= 4 is 6.03 Å². The summed E-state index contributed by atoms with van der Waals surface area (Å²) in [4.78, 5) is 13.5. The SMILES string of the molecule is CCN(CC(C)(C)O)C(=O)NCc1ccc(F)c(C)c1. The topological polar surface area (TPSA) is 52.6 Å². The van der Waals surface area contributed by atoms with Crippen LogP contribution < -0.4 is 5.32 Å². The highest BCUT2D eigenvalue weighted by molar-refractivity contribution is 5.74. The molecule has 0 aromatic heterocycles. The first kappa shape index (κ1) is 16.4. The number of amides is 2. The van der Waals surface area contributed by atoms with Crippen LogP contribution in [0.1, 0.15) is 31.9 Å². The second-order valence-electron chi connectivity index (χ2n) is 5.57. The molecule has 0 radical (unpaired) electrons. The van der Waals surface area contributed by atoms with E-state index in [2.05, 4.69) is 5.32 Å². The number of nitrogens with one attached hydrogen (secondary N) is 1. The third-order valence-electron chi connectivity index (χ3n) is 2.91. The van der Waals surface area contributed by atoms with Gasteiger partial charge in [0.05, 0.1) is 12.1 Å². The van der Waals surface area contributed by atoms with Crippen molar-refractivity contribution in [3.05, 3.63) is 35.1 Å². The highest BCUT2D eigenvalue weighted by Crippen LogP contribution is 2.09. The van der Waals surface area contributed by atoms with Crippen LogP contribution >= 0.6 is 0 Å². The average Bonchev–Trinajstić information content (AvgIpc) is 2.36. The second-order valence-corrected chi connectivity index (χ2v) is 5.57. The molecule has 0 bridgehead atoms. The number of hydrogen-bond acceptors (Lipinski definition) is 2. The largest absolute Gasteiger partial charge is 0.389 e. The van der Waals surface area contributed by atoms with Crippen LogP contribution in [0.15, 0.2) is 18.2 Å². The van der Waals surface area contributed by atoms with Gasteiger partial charge >= 0.3 is 6.03 Å². The van der Waals surface area contributed by atoms with Crippen LogP contribution in [-0.4, -0.2) is 34.7 Å². The predicted octanol–water partition coefficient (Wildman–Crippen LogP) is 2.44. The van der Waals surface area contributed by atoms with E-state index in [4.69, 9.17) is 0 Å². The van der Waals surface area contributed by atoms with Gasteiger partial charge in [0.25, 0.3) is 0 Å². The normalized spacial score (nSPS) is 11.3. The molecular weight excluding hydrogens is 259 g/mol. The highest BCUT2D eigenvalue weighted by Gasteiger charge is 2.20. The van der Waals surface area contributed by atoms with Gasteiger partial charge < -0.3 is 15.3 Å². The maximum Gasteiger partial charge on any atom is 0.317 e. The molecule has 5 heteroatoms. The smallest absolute Gasteiger partial charge is 0.317 e. The Hall–Kier alpha value is -1.62. The van der Waals surface area contributed by atoms with Gasteiger partial charge in [-0.15, -0.1) is 0 Å². The number of carbonyl (C=O) groups excluding carboxylic acids is 1. The summed E-state index contributed by atoms with van der Waals surface area (Å²) in [6.45, 7) is 7.97. The molecule has 0 saturated heterocycles. The molecule has 0 aliphatic heterocycles. The molecule has 0 aliphatic rings. The van der Waals surface area contributed by atoms with E-state index in [-0.39, 0.29) is 18.4 Å². The minimum Gasteiger partial charge on any atom is -0.389 e. The van der Waals surface area contributed by atoms with E-state index in [0.29, 0.717) is 18.7 Å². The molecule has 0 unspecified atom stereocenters. The van der Waals surface area contributed by atoms with Crippen molar-refractivity contribution in [3.63, 3.8) is 0 Å². The van der Waals surface area contributed by atoms with Crippen LogP contribution in [0.4, 0.5) is 9.18 Å². The maximum atomic E-state index is 13.1. The average molecular weight is 282 g/mol. The number of carbonyl (C=O) groups is 1. The van der Waals surface area contributed by atoms with Gasteiger partial charge in [0.2, 0.25) is 0 Å². The van der Waals surface area contributed by atoms with Crippen LogP contribution in [0, 0.1) is 12.7 Å². The molecule has 4 nitrogen and oxygen atoms in total. The number of urea groups is 1. The van der Waals surface area contributed by atoms with Gasteiger partial charge in [-0.1, -0.05) is 12.1 Å². The zero-order valence-corrected chi connectivity index (χ0v) is 12.5. The van der Waals surface area contributed by atoms with Crippen LogP contribution in [0.2, 0.25) is 0 Å². The lowest BCUT2D eigenvalue weighted by Crippen LogP contribution is -2.46. The van der Waals surface area contributed by atoms with Gasteiger partial charge in [0, 0.05) is 13.1 Å². The zero-order chi connectivity index (χ0) is 15.3. The lowest BCUT2D eigenvalue weighted by molar-refractivity contribution is 0.0480. The van der Waals surface area contributed by atoms with Gasteiger partial charge in [-0.2, -0.15) is 0 Å². The predicted molar refractivity (Wildman–Crippen MR) is 76.9 cm³/mol. The van der Waals surface area contributed by atoms with Crippen LogP contribution in [0.5, 0.6) is 0 Å². The molecule has 0 fully saturated rings. The molecule has 0 saturated carbocycles. The quantitative estimate of drug-likeness (QED) is 0.871. The van der Waals surface area contributed by atoms with Crippen molar-refractivity contribution in [2.24, 2.45) is 0 Å². The summed E-state index contributed by atoms with van der Waals surface area (Å²) in [6, 6.07) is 4.51. The third-order valence-corrected chi connectivity index (χ3v) is 2.91. The Morgan fingerprint density at radius 1 is 1.45 bits per heavy atom. The van der Waals surface area contributed by atoms with Gasteiger partial charge in [-0.05, 0) is 44.9 Å². The van der Waals surface area contributed by atoms with E-state index in [0.717, 1.165) is 5.56 Å². The minimum atomic E-state index is -0.931. The van der Waals surface area contributed by atoms with Crippen molar-refractivity contribution in [1.29, 1.82) is 0 Å². The fourth-order valence-corrected chi connectivity index (χ4v) is 1.90. The molecule has 0 atom stereocenters. The summed E-state index contributed by atoms with van der Waals surface area (Å²) in [6.07, 6.45) is 0. The Kier molecular flexibility index (Phi) is 5.51. The van der Waals surface area contributed by atoms with Crippen LogP contribution in [-0.2, 0) is 6.54 Å². The van der Waals surface area contributed by atoms with Crippen molar-refractivity contribution < 1.29 is 14.3 Å². The molecule has 0 spiro atoms. The monoisotopic (exact) mass is 282 g/mol.